The van der Waals surface area contributed by atoms with E-state index in [-0.39, 0.29) is 4.88 Å². The van der Waals surface area contributed by atoms with E-state index in [1.54, 1.807) is 6.07 Å². The number of aromatic carboxylic acids is 1. The maximum Gasteiger partial charge on any atom is 0.347 e. The zero-order chi connectivity index (χ0) is 15.5. The number of hydrogen-bond donors (Lipinski definition) is 1. The van der Waals surface area contributed by atoms with Gasteiger partial charge in [0.05, 0.1) is 11.6 Å². The molecule has 112 valence electrons. The van der Waals surface area contributed by atoms with Gasteiger partial charge in [-0.05, 0) is 23.8 Å². The Morgan fingerprint density at radius 2 is 1.95 bits per heavy atom. The van der Waals surface area contributed by atoms with Gasteiger partial charge < -0.3 is 9.84 Å². The largest absolute Gasteiger partial charge is 0.493 e. The molecule has 3 rings (SSSR count). The normalized spacial score (nSPS) is 10.8. The summed E-state index contributed by atoms with van der Waals surface area (Å²) in [7, 11) is 0. The molecule has 0 aliphatic rings. The van der Waals surface area contributed by atoms with E-state index in [0.29, 0.717) is 11.6 Å². The van der Waals surface area contributed by atoms with Crippen molar-refractivity contribution in [3.05, 3.63) is 64.0 Å². The molecule has 3 nitrogen and oxygen atoms in total. The Morgan fingerprint density at radius 3 is 2.68 bits per heavy atom. The van der Waals surface area contributed by atoms with Crippen LogP contribution in [0.25, 0.3) is 10.1 Å². The molecule has 0 bridgehead atoms. The number of hydrogen-bond acceptors (Lipinski definition) is 3. The minimum Gasteiger partial charge on any atom is -0.493 e. The number of benzene rings is 2. The summed E-state index contributed by atoms with van der Waals surface area (Å²) in [5, 5.41) is 10.1. The van der Waals surface area contributed by atoms with Gasteiger partial charge in [0.2, 0.25) is 0 Å². The van der Waals surface area contributed by atoms with Gasteiger partial charge in [0.25, 0.3) is 0 Å². The van der Waals surface area contributed by atoms with Gasteiger partial charge in [-0.1, -0.05) is 41.9 Å². The topological polar surface area (TPSA) is 46.5 Å². The molecule has 1 heterocycles. The number of carboxylic acids is 1. The van der Waals surface area contributed by atoms with Crippen LogP contribution in [-0.4, -0.2) is 17.7 Å². The van der Waals surface area contributed by atoms with Crippen molar-refractivity contribution < 1.29 is 14.6 Å². The molecule has 0 fully saturated rings. The third-order valence-electron chi connectivity index (χ3n) is 3.30. The second kappa shape index (κ2) is 6.38. The van der Waals surface area contributed by atoms with Crippen LogP contribution >= 0.6 is 22.9 Å². The lowest BCUT2D eigenvalue weighted by Crippen LogP contribution is -2.00. The first-order valence-corrected chi connectivity index (χ1v) is 7.96. The fourth-order valence-corrected chi connectivity index (χ4v) is 3.58. The molecule has 1 N–H and O–H groups in total. The highest BCUT2D eigenvalue weighted by atomic mass is 35.5. The number of carboxylic acid groups (broad SMARTS) is 1. The van der Waals surface area contributed by atoms with E-state index in [4.69, 9.17) is 21.4 Å². The monoisotopic (exact) mass is 332 g/mol. The van der Waals surface area contributed by atoms with Gasteiger partial charge in [-0.3, -0.25) is 0 Å². The van der Waals surface area contributed by atoms with E-state index in [1.807, 2.05) is 30.3 Å². The van der Waals surface area contributed by atoms with Crippen LogP contribution < -0.4 is 4.74 Å². The van der Waals surface area contributed by atoms with Crippen molar-refractivity contribution in [3.63, 3.8) is 0 Å². The highest BCUT2D eigenvalue weighted by Gasteiger charge is 2.16. The Labute approximate surface area is 136 Å². The summed E-state index contributed by atoms with van der Waals surface area (Å²) in [4.78, 5) is 11.3. The quantitative estimate of drug-likeness (QED) is 0.724. The highest BCUT2D eigenvalue weighted by molar-refractivity contribution is 7.21. The Kier molecular flexibility index (Phi) is 4.32. The minimum absolute atomic E-state index is 0.165. The first kappa shape index (κ1) is 14.9. The van der Waals surface area contributed by atoms with Crippen molar-refractivity contribution in [2.75, 3.05) is 6.61 Å². The molecular formula is C17H13ClO3S. The number of rotatable bonds is 5. The van der Waals surface area contributed by atoms with Gasteiger partial charge in [0.15, 0.2) is 0 Å². The van der Waals surface area contributed by atoms with E-state index in [9.17, 15) is 4.79 Å². The van der Waals surface area contributed by atoms with E-state index in [1.165, 1.54) is 5.56 Å². The maximum absolute atomic E-state index is 11.1. The van der Waals surface area contributed by atoms with Crippen LogP contribution in [0.2, 0.25) is 5.02 Å². The smallest absolute Gasteiger partial charge is 0.347 e. The Hall–Kier alpha value is -2.04. The predicted octanol–water partition coefficient (Wildman–Crippen LogP) is 4.87. The fraction of sp³-hybridized carbons (Fsp3) is 0.118. The lowest BCUT2D eigenvalue weighted by Gasteiger charge is -2.06. The molecule has 0 atom stereocenters. The first-order valence-electron chi connectivity index (χ1n) is 6.77. The van der Waals surface area contributed by atoms with Gasteiger partial charge in [0, 0.05) is 16.5 Å². The van der Waals surface area contributed by atoms with Crippen molar-refractivity contribution >= 4 is 39.0 Å². The summed E-state index contributed by atoms with van der Waals surface area (Å²) in [6.45, 7) is 0.570. The van der Waals surface area contributed by atoms with Crippen LogP contribution in [0, 0.1) is 0 Å². The lowest BCUT2D eigenvalue weighted by atomic mass is 10.2. The molecule has 0 radical (unpaired) electrons. The fourth-order valence-electron chi connectivity index (χ4n) is 2.20. The van der Waals surface area contributed by atoms with Crippen molar-refractivity contribution in [1.82, 2.24) is 0 Å². The standard InChI is InChI=1S/C17H13ClO3S/c18-15-13-7-6-12(10-14(13)22-16(15)17(19)20)21-9-8-11-4-2-1-3-5-11/h1-7,10H,8-9H2,(H,19,20). The van der Waals surface area contributed by atoms with Crippen LogP contribution in [0.5, 0.6) is 5.75 Å². The summed E-state index contributed by atoms with van der Waals surface area (Å²) in [6.07, 6.45) is 0.824. The molecule has 0 amide bonds. The second-order valence-electron chi connectivity index (χ2n) is 4.79. The second-order valence-corrected chi connectivity index (χ2v) is 6.22. The van der Waals surface area contributed by atoms with Crippen molar-refractivity contribution in [1.29, 1.82) is 0 Å². The highest BCUT2D eigenvalue weighted by Crippen LogP contribution is 2.37. The maximum atomic E-state index is 11.1. The molecule has 0 aliphatic carbocycles. The number of carbonyl (C=O) groups is 1. The Bertz CT molecular complexity index is 811. The van der Waals surface area contributed by atoms with Crippen LogP contribution in [-0.2, 0) is 6.42 Å². The SMILES string of the molecule is O=C(O)c1sc2cc(OCCc3ccccc3)ccc2c1Cl. The van der Waals surface area contributed by atoms with Crippen molar-refractivity contribution in [2.24, 2.45) is 0 Å². The van der Waals surface area contributed by atoms with E-state index < -0.39 is 5.97 Å². The van der Waals surface area contributed by atoms with Gasteiger partial charge >= 0.3 is 5.97 Å². The van der Waals surface area contributed by atoms with Gasteiger partial charge in [0.1, 0.15) is 10.6 Å². The van der Waals surface area contributed by atoms with Crippen molar-refractivity contribution in [3.8, 4) is 5.75 Å². The number of fused-ring (bicyclic) bond motifs is 1. The average Bonchev–Trinajstić information content (AvgIpc) is 2.85. The van der Waals surface area contributed by atoms with Gasteiger partial charge in [-0.25, -0.2) is 4.79 Å². The molecule has 0 aliphatic heterocycles. The van der Waals surface area contributed by atoms with E-state index >= 15 is 0 Å². The molecular weight excluding hydrogens is 320 g/mol. The summed E-state index contributed by atoms with van der Waals surface area (Å²) in [5.74, 6) is -0.281. The Morgan fingerprint density at radius 1 is 1.18 bits per heavy atom. The van der Waals surface area contributed by atoms with Crippen LogP contribution in [0.4, 0.5) is 0 Å². The molecule has 0 unspecified atom stereocenters. The van der Waals surface area contributed by atoms with Gasteiger partial charge in [-0.2, -0.15) is 0 Å². The van der Waals surface area contributed by atoms with Crippen LogP contribution in [0.15, 0.2) is 48.5 Å². The van der Waals surface area contributed by atoms with E-state index in [0.717, 1.165) is 33.6 Å². The van der Waals surface area contributed by atoms with Crippen LogP contribution in [0.3, 0.4) is 0 Å². The third-order valence-corrected chi connectivity index (χ3v) is 4.94. The summed E-state index contributed by atoms with van der Waals surface area (Å²) in [5.41, 5.74) is 1.22. The average molecular weight is 333 g/mol. The Balaban J connectivity index is 1.73. The summed E-state index contributed by atoms with van der Waals surface area (Å²) < 4.78 is 6.56. The molecule has 0 saturated heterocycles. The molecule has 22 heavy (non-hydrogen) atoms. The number of ether oxygens (including phenoxy) is 1. The number of thiophene rings is 1. The zero-order valence-electron chi connectivity index (χ0n) is 11.6. The molecule has 5 heteroatoms. The summed E-state index contributed by atoms with van der Waals surface area (Å²) in [6, 6.07) is 15.6. The summed E-state index contributed by atoms with van der Waals surface area (Å²) >= 11 is 7.24. The zero-order valence-corrected chi connectivity index (χ0v) is 13.2. The third kappa shape index (κ3) is 3.08. The van der Waals surface area contributed by atoms with E-state index in [2.05, 4.69) is 12.1 Å². The van der Waals surface area contributed by atoms with Crippen LogP contribution in [0.1, 0.15) is 15.2 Å². The van der Waals surface area contributed by atoms with Crippen molar-refractivity contribution in [2.45, 2.75) is 6.42 Å². The first-order chi connectivity index (χ1) is 10.6. The molecule has 3 aromatic rings. The minimum atomic E-state index is -1.00. The lowest BCUT2D eigenvalue weighted by molar-refractivity contribution is 0.0702. The number of halogens is 1. The predicted molar refractivity (Wildman–Crippen MR) is 89.4 cm³/mol. The molecule has 0 spiro atoms. The molecule has 1 aromatic heterocycles. The molecule has 2 aromatic carbocycles. The molecule has 0 saturated carbocycles. The van der Waals surface area contributed by atoms with Gasteiger partial charge in [-0.15, -0.1) is 11.3 Å².